The largest absolute Gasteiger partial charge is 0.455 e. The number of nitrogens with zero attached hydrogens (tertiary/aromatic N) is 1. The van der Waals surface area contributed by atoms with E-state index in [2.05, 4.69) is 4.98 Å². The Bertz CT molecular complexity index is 706. The number of hydrogen-bond donors (Lipinski definition) is 0. The lowest BCUT2D eigenvalue weighted by atomic mass is 10.0. The number of halogens is 3. The number of ether oxygens (including phenoxy) is 1. The van der Waals surface area contributed by atoms with Crippen LogP contribution in [0.4, 0.5) is 8.78 Å². The van der Waals surface area contributed by atoms with Crippen LogP contribution in [0.15, 0.2) is 30.3 Å². The summed E-state index contributed by atoms with van der Waals surface area (Å²) in [7, 11) is 0. The Morgan fingerprint density at radius 3 is 2.27 bits per heavy atom. The van der Waals surface area contributed by atoms with Crippen molar-refractivity contribution < 1.29 is 18.3 Å². The molecule has 6 heteroatoms. The molecule has 0 saturated carbocycles. The van der Waals surface area contributed by atoms with E-state index >= 15 is 0 Å². The minimum atomic E-state index is -0.750. The minimum absolute atomic E-state index is 0.0847. The van der Waals surface area contributed by atoms with Crippen LogP contribution >= 0.6 is 11.6 Å². The number of carbonyl (C=O) groups is 1. The van der Waals surface area contributed by atoms with Gasteiger partial charge in [-0.3, -0.25) is 0 Å². The topological polar surface area (TPSA) is 39.2 Å². The maximum atomic E-state index is 13.4. The molecule has 0 bridgehead atoms. The number of aromatic nitrogens is 1. The lowest BCUT2D eigenvalue weighted by Gasteiger charge is -2.20. The van der Waals surface area contributed by atoms with Crippen molar-refractivity contribution in [2.75, 3.05) is 0 Å². The van der Waals surface area contributed by atoms with E-state index in [4.69, 9.17) is 16.3 Å². The molecule has 0 unspecified atom stereocenters. The van der Waals surface area contributed by atoms with Gasteiger partial charge in [-0.05, 0) is 50.6 Å². The van der Waals surface area contributed by atoms with Gasteiger partial charge in [-0.25, -0.2) is 18.6 Å². The summed E-state index contributed by atoms with van der Waals surface area (Å²) in [4.78, 5) is 16.2. The fourth-order valence-corrected chi connectivity index (χ4v) is 2.01. The smallest absolute Gasteiger partial charge is 0.358 e. The summed E-state index contributed by atoms with van der Waals surface area (Å²) in [6.45, 7) is 5.12. The number of rotatable bonds is 2. The second-order valence-electron chi connectivity index (χ2n) is 5.69. The third-order valence-electron chi connectivity index (χ3n) is 2.63. The van der Waals surface area contributed by atoms with Gasteiger partial charge in [0.25, 0.3) is 0 Å². The van der Waals surface area contributed by atoms with Crippen molar-refractivity contribution in [3.63, 3.8) is 0 Å². The molecule has 1 aromatic heterocycles. The number of benzene rings is 1. The highest BCUT2D eigenvalue weighted by molar-refractivity contribution is 6.29. The minimum Gasteiger partial charge on any atom is -0.455 e. The first kappa shape index (κ1) is 16.4. The van der Waals surface area contributed by atoms with Gasteiger partial charge in [0, 0.05) is 11.6 Å². The molecular formula is C16H14ClF2NO2. The fraction of sp³-hybridized carbons (Fsp3) is 0.250. The van der Waals surface area contributed by atoms with Crippen LogP contribution in [0.1, 0.15) is 31.3 Å². The van der Waals surface area contributed by atoms with Gasteiger partial charge in [-0.1, -0.05) is 11.6 Å². The highest BCUT2D eigenvalue weighted by atomic mass is 35.5. The van der Waals surface area contributed by atoms with E-state index in [-0.39, 0.29) is 22.0 Å². The first-order valence-corrected chi connectivity index (χ1v) is 6.90. The molecule has 1 aromatic carbocycles. The second-order valence-corrected chi connectivity index (χ2v) is 6.08. The average Bonchev–Trinajstić information content (AvgIpc) is 2.35. The van der Waals surface area contributed by atoms with Crippen LogP contribution in [0.3, 0.4) is 0 Å². The second kappa shape index (κ2) is 6.01. The summed E-state index contributed by atoms with van der Waals surface area (Å²) in [5, 5.41) is 0.0847. The van der Waals surface area contributed by atoms with E-state index in [0.29, 0.717) is 0 Å². The molecule has 0 radical (unpaired) electrons. The normalized spacial score (nSPS) is 11.4. The molecule has 1 heterocycles. The molecule has 0 aliphatic rings. The fourth-order valence-electron chi connectivity index (χ4n) is 1.86. The van der Waals surface area contributed by atoms with Crippen LogP contribution in [0.2, 0.25) is 5.15 Å². The molecule has 0 saturated heterocycles. The molecule has 3 nitrogen and oxygen atoms in total. The summed E-state index contributed by atoms with van der Waals surface area (Å²) in [5.74, 6) is -2.21. The highest BCUT2D eigenvalue weighted by Gasteiger charge is 2.23. The van der Waals surface area contributed by atoms with Crippen LogP contribution in [-0.2, 0) is 4.74 Å². The number of esters is 1. The molecule has 0 amide bonds. The van der Waals surface area contributed by atoms with Gasteiger partial charge in [0.1, 0.15) is 22.4 Å². The Morgan fingerprint density at radius 1 is 1.14 bits per heavy atom. The number of pyridine rings is 1. The van der Waals surface area contributed by atoms with Crippen molar-refractivity contribution in [2.45, 2.75) is 26.4 Å². The Hall–Kier alpha value is -2.01. The van der Waals surface area contributed by atoms with Crippen molar-refractivity contribution >= 4 is 17.6 Å². The van der Waals surface area contributed by atoms with Gasteiger partial charge >= 0.3 is 5.97 Å². The summed E-state index contributed by atoms with van der Waals surface area (Å²) in [6.07, 6.45) is 0. The third kappa shape index (κ3) is 4.01. The number of hydrogen-bond acceptors (Lipinski definition) is 3. The van der Waals surface area contributed by atoms with Crippen LogP contribution in [0.5, 0.6) is 0 Å². The lowest BCUT2D eigenvalue weighted by Crippen LogP contribution is -2.25. The third-order valence-corrected chi connectivity index (χ3v) is 2.84. The zero-order valence-electron chi connectivity index (χ0n) is 12.3. The predicted octanol–water partition coefficient (Wildman–Crippen LogP) is 4.64. The van der Waals surface area contributed by atoms with Gasteiger partial charge in [0.2, 0.25) is 0 Å². The number of carbonyl (C=O) groups excluding carboxylic acids is 1. The Balaban J connectivity index is 2.55. The summed E-state index contributed by atoms with van der Waals surface area (Å²) >= 11 is 5.82. The molecule has 0 aliphatic carbocycles. The van der Waals surface area contributed by atoms with Crippen LogP contribution in [-0.4, -0.2) is 16.6 Å². The van der Waals surface area contributed by atoms with Crippen LogP contribution < -0.4 is 0 Å². The molecule has 0 atom stereocenters. The predicted molar refractivity (Wildman–Crippen MR) is 79.8 cm³/mol. The van der Waals surface area contributed by atoms with E-state index in [9.17, 15) is 13.6 Å². The molecule has 2 aromatic rings. The van der Waals surface area contributed by atoms with Crippen molar-refractivity contribution in [1.29, 1.82) is 0 Å². The zero-order chi connectivity index (χ0) is 16.5. The van der Waals surface area contributed by atoms with Crippen LogP contribution in [0, 0.1) is 11.6 Å². The molecule has 0 spiro atoms. The summed E-state index contributed by atoms with van der Waals surface area (Å²) in [5.41, 5.74) is -0.391. The first-order valence-electron chi connectivity index (χ1n) is 6.52. The SMILES string of the molecule is CC(C)(C)OC(=O)c1nc(Cl)ccc1-c1cc(F)cc(F)c1. The lowest BCUT2D eigenvalue weighted by molar-refractivity contribution is 0.00638. The summed E-state index contributed by atoms with van der Waals surface area (Å²) in [6, 6.07) is 5.89. The van der Waals surface area contributed by atoms with Crippen LogP contribution in [0.25, 0.3) is 11.1 Å². The van der Waals surface area contributed by atoms with Gasteiger partial charge in [0.05, 0.1) is 0 Å². The maximum absolute atomic E-state index is 13.4. The van der Waals surface area contributed by atoms with Gasteiger partial charge in [-0.15, -0.1) is 0 Å². The molecule has 0 N–H and O–H groups in total. The highest BCUT2D eigenvalue weighted by Crippen LogP contribution is 2.27. The van der Waals surface area contributed by atoms with E-state index in [0.717, 1.165) is 18.2 Å². The Morgan fingerprint density at radius 2 is 1.73 bits per heavy atom. The van der Waals surface area contributed by atoms with Crippen molar-refractivity contribution in [1.82, 2.24) is 4.98 Å². The van der Waals surface area contributed by atoms with E-state index in [1.165, 1.54) is 12.1 Å². The molecule has 0 aliphatic heterocycles. The quantitative estimate of drug-likeness (QED) is 0.596. The molecule has 2 rings (SSSR count). The van der Waals surface area contributed by atoms with Gasteiger partial charge < -0.3 is 4.74 Å². The summed E-state index contributed by atoms with van der Waals surface area (Å²) < 4.78 is 32.0. The standard InChI is InChI=1S/C16H14ClF2NO2/c1-16(2,3)22-15(21)14-12(4-5-13(17)20-14)9-6-10(18)8-11(19)7-9/h4-8H,1-3H3. The van der Waals surface area contributed by atoms with Crippen molar-refractivity contribution in [2.24, 2.45) is 0 Å². The maximum Gasteiger partial charge on any atom is 0.358 e. The van der Waals surface area contributed by atoms with Crippen molar-refractivity contribution in [3.05, 3.63) is 52.8 Å². The van der Waals surface area contributed by atoms with E-state index in [1.54, 1.807) is 20.8 Å². The van der Waals surface area contributed by atoms with Gasteiger partial charge in [-0.2, -0.15) is 0 Å². The van der Waals surface area contributed by atoms with Gasteiger partial charge in [0.15, 0.2) is 5.69 Å². The molecule has 22 heavy (non-hydrogen) atoms. The van der Waals surface area contributed by atoms with E-state index in [1.807, 2.05) is 0 Å². The molecular weight excluding hydrogens is 312 g/mol. The first-order chi connectivity index (χ1) is 10.2. The van der Waals surface area contributed by atoms with E-state index < -0.39 is 23.2 Å². The molecule has 116 valence electrons. The molecule has 0 fully saturated rings. The Kier molecular flexibility index (Phi) is 4.47. The Labute approximate surface area is 131 Å². The zero-order valence-corrected chi connectivity index (χ0v) is 13.0. The monoisotopic (exact) mass is 325 g/mol. The van der Waals surface area contributed by atoms with Crippen molar-refractivity contribution in [3.8, 4) is 11.1 Å². The average molecular weight is 326 g/mol.